The number of aromatic amines is 1. The number of carbonyl (C=O) groups excluding carboxylic acids is 1. The highest BCUT2D eigenvalue weighted by Gasteiger charge is 2.32. The molecular weight excluding hydrogens is 356 g/mol. The molecule has 1 atom stereocenters. The minimum absolute atomic E-state index is 0.00781. The fourth-order valence-corrected chi connectivity index (χ4v) is 3.36. The third-order valence-corrected chi connectivity index (χ3v) is 4.67. The van der Waals surface area contributed by atoms with E-state index < -0.39 is 4.92 Å². The van der Waals surface area contributed by atoms with Gasteiger partial charge in [-0.3, -0.25) is 20.0 Å². The molecule has 8 heteroatoms. The van der Waals surface area contributed by atoms with Crippen LogP contribution in [0.1, 0.15) is 23.5 Å². The van der Waals surface area contributed by atoms with Crippen molar-refractivity contribution in [3.05, 3.63) is 74.8 Å². The number of nitro groups is 1. The van der Waals surface area contributed by atoms with Crippen LogP contribution >= 0.6 is 11.6 Å². The van der Waals surface area contributed by atoms with Crippen LogP contribution in [0.25, 0.3) is 11.3 Å². The van der Waals surface area contributed by atoms with E-state index in [1.807, 2.05) is 12.1 Å². The first-order valence-electron chi connectivity index (χ1n) is 7.91. The third-order valence-electron chi connectivity index (χ3n) is 4.42. The number of nitrogens with one attached hydrogen (secondary N) is 2. The number of carbonyl (C=O) groups is 1. The first-order valence-corrected chi connectivity index (χ1v) is 8.29. The number of fused-ring (bicyclic) bond motifs is 1. The maximum Gasteiger partial charge on any atom is 0.269 e. The maximum absolute atomic E-state index is 12.1. The van der Waals surface area contributed by atoms with Crippen molar-refractivity contribution in [3.63, 3.8) is 0 Å². The van der Waals surface area contributed by atoms with E-state index in [-0.39, 0.29) is 23.9 Å². The van der Waals surface area contributed by atoms with Gasteiger partial charge in [0, 0.05) is 40.6 Å². The quantitative estimate of drug-likeness (QED) is 0.536. The molecular formula is C18H13ClN4O3. The number of hydrogen-bond donors (Lipinski definition) is 2. The molecule has 0 saturated carbocycles. The molecule has 1 aliphatic heterocycles. The van der Waals surface area contributed by atoms with Crippen molar-refractivity contribution in [3.8, 4) is 11.3 Å². The fraction of sp³-hybridized carbons (Fsp3) is 0.111. The molecule has 130 valence electrons. The monoisotopic (exact) mass is 368 g/mol. The second kappa shape index (κ2) is 6.27. The van der Waals surface area contributed by atoms with Gasteiger partial charge in [-0.2, -0.15) is 5.10 Å². The first kappa shape index (κ1) is 16.3. The average Bonchev–Trinajstić information content (AvgIpc) is 3.05. The van der Waals surface area contributed by atoms with Gasteiger partial charge >= 0.3 is 0 Å². The Morgan fingerprint density at radius 1 is 1.19 bits per heavy atom. The molecule has 0 radical (unpaired) electrons. The number of nitrogens with zero attached hydrogens (tertiary/aromatic N) is 2. The van der Waals surface area contributed by atoms with Crippen LogP contribution in [0, 0.1) is 10.1 Å². The van der Waals surface area contributed by atoms with Crippen LogP contribution < -0.4 is 5.32 Å². The van der Waals surface area contributed by atoms with Crippen LogP contribution in [0.5, 0.6) is 0 Å². The summed E-state index contributed by atoms with van der Waals surface area (Å²) in [6, 6.07) is 13.6. The van der Waals surface area contributed by atoms with Gasteiger partial charge in [0.1, 0.15) is 0 Å². The molecule has 0 bridgehead atoms. The molecule has 1 amide bonds. The molecule has 1 aromatic heterocycles. The van der Waals surface area contributed by atoms with Gasteiger partial charge in [-0.05, 0) is 17.7 Å². The van der Waals surface area contributed by atoms with Crippen molar-refractivity contribution in [2.45, 2.75) is 12.3 Å². The summed E-state index contributed by atoms with van der Waals surface area (Å²) in [5.74, 6) is -0.0612. The summed E-state index contributed by atoms with van der Waals surface area (Å²) in [7, 11) is 0. The van der Waals surface area contributed by atoms with Gasteiger partial charge in [0.15, 0.2) is 5.82 Å². The van der Waals surface area contributed by atoms with E-state index in [0.717, 1.165) is 16.8 Å². The van der Waals surface area contributed by atoms with Gasteiger partial charge in [0.2, 0.25) is 5.91 Å². The molecule has 2 N–H and O–H groups in total. The molecule has 0 unspecified atom stereocenters. The van der Waals surface area contributed by atoms with E-state index in [4.69, 9.17) is 11.6 Å². The predicted octanol–water partition coefficient (Wildman–Crippen LogP) is 4.11. The Labute approximate surface area is 153 Å². The van der Waals surface area contributed by atoms with E-state index in [2.05, 4.69) is 15.5 Å². The lowest BCUT2D eigenvalue weighted by molar-refractivity contribution is -0.384. The van der Waals surface area contributed by atoms with Crippen molar-refractivity contribution in [2.24, 2.45) is 0 Å². The summed E-state index contributed by atoms with van der Waals surface area (Å²) in [6.45, 7) is 0. The topological polar surface area (TPSA) is 101 Å². The van der Waals surface area contributed by atoms with Gasteiger partial charge in [0.05, 0.1) is 10.6 Å². The number of H-pyrrole nitrogens is 1. The number of halogens is 1. The number of non-ortho nitro benzene ring substituents is 1. The standard InChI is InChI=1S/C18H13ClN4O3/c19-12-6-4-10(5-7-12)17-16-14(9-15(24)20-18(16)22-21-17)11-2-1-3-13(8-11)23(25)26/h1-8,14H,9H2,(H2,20,21,22,24)/t14-/m1/s1. The molecule has 4 rings (SSSR count). The highest BCUT2D eigenvalue weighted by molar-refractivity contribution is 6.30. The van der Waals surface area contributed by atoms with E-state index in [1.165, 1.54) is 12.1 Å². The Balaban J connectivity index is 1.85. The van der Waals surface area contributed by atoms with E-state index >= 15 is 0 Å². The third kappa shape index (κ3) is 2.82. The highest BCUT2D eigenvalue weighted by Crippen LogP contribution is 2.42. The van der Waals surface area contributed by atoms with Gasteiger partial charge in [-0.25, -0.2) is 0 Å². The smallest absolute Gasteiger partial charge is 0.269 e. The molecule has 2 aromatic carbocycles. The van der Waals surface area contributed by atoms with Crippen LogP contribution in [-0.4, -0.2) is 21.0 Å². The first-order chi connectivity index (χ1) is 12.5. The Hall–Kier alpha value is -3.19. The largest absolute Gasteiger partial charge is 0.309 e. The lowest BCUT2D eigenvalue weighted by Gasteiger charge is -2.23. The predicted molar refractivity (Wildman–Crippen MR) is 97.2 cm³/mol. The minimum atomic E-state index is -0.442. The average molecular weight is 369 g/mol. The summed E-state index contributed by atoms with van der Waals surface area (Å²) in [6.07, 6.45) is 0.189. The van der Waals surface area contributed by atoms with Crippen molar-refractivity contribution >= 4 is 29.0 Å². The normalized spacial score (nSPS) is 16.0. The number of hydrogen-bond acceptors (Lipinski definition) is 4. The second-order valence-electron chi connectivity index (χ2n) is 6.02. The molecule has 0 spiro atoms. The Morgan fingerprint density at radius 2 is 1.96 bits per heavy atom. The summed E-state index contributed by atoms with van der Waals surface area (Å²) in [5, 5.41) is 21.7. The lowest BCUT2D eigenvalue weighted by atomic mass is 9.84. The zero-order valence-corrected chi connectivity index (χ0v) is 14.2. The summed E-state index contributed by atoms with van der Waals surface area (Å²) in [5.41, 5.74) is 3.13. The van der Waals surface area contributed by atoms with E-state index in [1.54, 1.807) is 24.3 Å². The summed E-state index contributed by atoms with van der Waals surface area (Å²) in [4.78, 5) is 22.8. The Morgan fingerprint density at radius 3 is 2.69 bits per heavy atom. The maximum atomic E-state index is 12.1. The van der Waals surface area contributed by atoms with Crippen LogP contribution in [-0.2, 0) is 4.79 Å². The number of nitro benzene ring substituents is 1. The zero-order valence-electron chi connectivity index (χ0n) is 13.4. The number of benzene rings is 2. The molecule has 0 saturated heterocycles. The second-order valence-corrected chi connectivity index (χ2v) is 6.46. The van der Waals surface area contributed by atoms with Gasteiger partial charge in [-0.1, -0.05) is 35.9 Å². The minimum Gasteiger partial charge on any atom is -0.309 e. The number of anilines is 1. The fourth-order valence-electron chi connectivity index (χ4n) is 3.23. The molecule has 3 aromatic rings. The van der Waals surface area contributed by atoms with Crippen molar-refractivity contribution < 1.29 is 9.72 Å². The van der Waals surface area contributed by atoms with E-state index in [0.29, 0.717) is 16.4 Å². The van der Waals surface area contributed by atoms with Gasteiger partial charge in [-0.15, -0.1) is 0 Å². The van der Waals surface area contributed by atoms with Crippen molar-refractivity contribution in [2.75, 3.05) is 5.32 Å². The van der Waals surface area contributed by atoms with Crippen LogP contribution in [0.15, 0.2) is 48.5 Å². The highest BCUT2D eigenvalue weighted by atomic mass is 35.5. The van der Waals surface area contributed by atoms with Gasteiger partial charge < -0.3 is 5.32 Å². The Bertz CT molecular complexity index is 1010. The zero-order chi connectivity index (χ0) is 18.3. The van der Waals surface area contributed by atoms with Crippen molar-refractivity contribution in [1.29, 1.82) is 0 Å². The van der Waals surface area contributed by atoms with Crippen LogP contribution in [0.2, 0.25) is 5.02 Å². The molecule has 26 heavy (non-hydrogen) atoms. The summed E-state index contributed by atoms with van der Waals surface area (Å²) >= 11 is 5.96. The Kier molecular flexibility index (Phi) is 3.93. The molecule has 0 aliphatic carbocycles. The molecule has 0 fully saturated rings. The molecule has 1 aliphatic rings. The number of aromatic nitrogens is 2. The van der Waals surface area contributed by atoms with E-state index in [9.17, 15) is 14.9 Å². The van der Waals surface area contributed by atoms with Crippen LogP contribution in [0.4, 0.5) is 11.5 Å². The number of rotatable bonds is 3. The number of amides is 1. The SMILES string of the molecule is O=C1C[C@H](c2cccc([N+](=O)[O-])c2)c2c(n[nH]c2-c2ccc(Cl)cc2)N1. The molecule has 7 nitrogen and oxygen atoms in total. The summed E-state index contributed by atoms with van der Waals surface area (Å²) < 4.78 is 0. The molecule has 2 heterocycles. The van der Waals surface area contributed by atoms with Crippen LogP contribution in [0.3, 0.4) is 0 Å². The van der Waals surface area contributed by atoms with Crippen molar-refractivity contribution in [1.82, 2.24) is 10.2 Å². The van der Waals surface area contributed by atoms with Gasteiger partial charge in [0.25, 0.3) is 5.69 Å². The lowest BCUT2D eigenvalue weighted by Crippen LogP contribution is -2.23.